The van der Waals surface area contributed by atoms with Crippen molar-refractivity contribution in [2.45, 2.75) is 59.3 Å². The summed E-state index contributed by atoms with van der Waals surface area (Å²) < 4.78 is 1.13. The highest BCUT2D eigenvalue weighted by Crippen LogP contribution is 2.73. The van der Waals surface area contributed by atoms with E-state index >= 15 is 0 Å². The van der Waals surface area contributed by atoms with Crippen molar-refractivity contribution in [2.24, 2.45) is 21.7 Å². The van der Waals surface area contributed by atoms with Crippen LogP contribution in [-0.2, 0) is 4.79 Å². The van der Waals surface area contributed by atoms with Gasteiger partial charge < -0.3 is 5.32 Å². The summed E-state index contributed by atoms with van der Waals surface area (Å²) in [4.78, 5) is 18.0. The van der Waals surface area contributed by atoms with Crippen LogP contribution in [0.2, 0.25) is 0 Å². The summed E-state index contributed by atoms with van der Waals surface area (Å²) >= 11 is 1.58. The Bertz CT molecular complexity index is 798. The Labute approximate surface area is 153 Å². The number of carbonyl (C=O) groups is 1. The van der Waals surface area contributed by atoms with E-state index in [4.69, 9.17) is 0 Å². The molecule has 0 unspecified atom stereocenters. The number of benzene rings is 1. The normalized spacial score (nSPS) is 42.0. The predicted molar refractivity (Wildman–Crippen MR) is 103 cm³/mol. The molecule has 1 aromatic heterocycles. The SMILES string of the molecule is CC12CC3(C)CC(C)(C1)CC(C(=O)Nc1nc4ccccc4s1)(C2)C3. The highest BCUT2D eigenvalue weighted by atomic mass is 32.1. The van der Waals surface area contributed by atoms with E-state index in [9.17, 15) is 4.79 Å². The van der Waals surface area contributed by atoms with E-state index in [0.29, 0.717) is 16.2 Å². The van der Waals surface area contributed by atoms with Crippen molar-refractivity contribution >= 4 is 32.6 Å². The molecule has 0 spiro atoms. The summed E-state index contributed by atoms with van der Waals surface area (Å²) in [7, 11) is 0. The first-order valence-corrected chi connectivity index (χ1v) is 10.2. The standard InChI is InChI=1S/C21H26N2OS/c1-18-8-19(2)10-20(3,9-18)13-21(11-18,12-19)16(24)23-17-22-14-6-4-5-7-15(14)25-17/h4-7H,8-13H2,1-3H3,(H,22,23,24). The summed E-state index contributed by atoms with van der Waals surface area (Å²) in [5.41, 5.74) is 1.74. The number of anilines is 1. The van der Waals surface area contributed by atoms with E-state index in [-0.39, 0.29) is 11.3 Å². The van der Waals surface area contributed by atoms with Crippen LogP contribution >= 0.6 is 11.3 Å². The molecule has 132 valence electrons. The van der Waals surface area contributed by atoms with Crippen molar-refractivity contribution in [1.29, 1.82) is 0 Å². The smallest absolute Gasteiger partial charge is 0.232 e. The van der Waals surface area contributed by atoms with Gasteiger partial charge in [0.2, 0.25) is 5.91 Å². The van der Waals surface area contributed by atoms with Crippen molar-refractivity contribution < 1.29 is 4.79 Å². The van der Waals surface area contributed by atoms with Crippen LogP contribution in [0.1, 0.15) is 59.3 Å². The third kappa shape index (κ3) is 2.37. The first-order valence-electron chi connectivity index (χ1n) is 9.38. The molecule has 4 aliphatic rings. The van der Waals surface area contributed by atoms with E-state index in [1.807, 2.05) is 18.2 Å². The van der Waals surface area contributed by atoms with E-state index in [1.54, 1.807) is 11.3 Å². The molecule has 4 aliphatic carbocycles. The molecular formula is C21H26N2OS. The maximum Gasteiger partial charge on any atom is 0.232 e. The van der Waals surface area contributed by atoms with Gasteiger partial charge in [-0.05, 0) is 66.9 Å². The van der Waals surface area contributed by atoms with Crippen molar-refractivity contribution in [3.05, 3.63) is 24.3 Å². The van der Waals surface area contributed by atoms with E-state index in [1.165, 1.54) is 19.3 Å². The Morgan fingerprint density at radius 2 is 1.52 bits per heavy atom. The molecule has 4 fully saturated rings. The third-order valence-electron chi connectivity index (χ3n) is 6.85. The molecule has 25 heavy (non-hydrogen) atoms. The fraction of sp³-hybridized carbons (Fsp3) is 0.619. The second kappa shape index (κ2) is 4.64. The summed E-state index contributed by atoms with van der Waals surface area (Å²) in [5.74, 6) is 0.217. The van der Waals surface area contributed by atoms with Crippen LogP contribution in [0.5, 0.6) is 0 Å². The fourth-order valence-corrected chi connectivity index (χ4v) is 8.55. The highest BCUT2D eigenvalue weighted by molar-refractivity contribution is 7.22. The number of carbonyl (C=O) groups excluding carboxylic acids is 1. The first kappa shape index (κ1) is 15.8. The van der Waals surface area contributed by atoms with Crippen molar-refractivity contribution in [3.63, 3.8) is 0 Å². The molecule has 0 radical (unpaired) electrons. The lowest BCUT2D eigenvalue weighted by Crippen LogP contribution is -2.62. The molecule has 3 nitrogen and oxygen atoms in total. The maximum absolute atomic E-state index is 13.4. The number of nitrogens with one attached hydrogen (secondary N) is 1. The van der Waals surface area contributed by atoms with Crippen LogP contribution in [-0.4, -0.2) is 10.9 Å². The number of amides is 1. The van der Waals surface area contributed by atoms with Crippen LogP contribution in [0.3, 0.4) is 0 Å². The predicted octanol–water partition coefficient (Wildman–Crippen LogP) is 5.62. The minimum Gasteiger partial charge on any atom is -0.301 e. The lowest BCUT2D eigenvalue weighted by atomic mass is 9.36. The molecule has 4 bridgehead atoms. The molecule has 0 atom stereocenters. The van der Waals surface area contributed by atoms with Gasteiger partial charge in [0.05, 0.1) is 15.6 Å². The monoisotopic (exact) mass is 354 g/mol. The van der Waals surface area contributed by atoms with Gasteiger partial charge in [0.1, 0.15) is 0 Å². The Hall–Kier alpha value is -1.42. The summed E-state index contributed by atoms with van der Waals surface area (Å²) in [6.45, 7) is 7.25. The third-order valence-corrected chi connectivity index (χ3v) is 7.80. The lowest BCUT2D eigenvalue weighted by Gasteiger charge is -2.68. The topological polar surface area (TPSA) is 42.0 Å². The van der Waals surface area contributed by atoms with Gasteiger partial charge in [-0.15, -0.1) is 0 Å². The number of fused-ring (bicyclic) bond motifs is 1. The van der Waals surface area contributed by atoms with Gasteiger partial charge in [0.25, 0.3) is 0 Å². The first-order chi connectivity index (χ1) is 11.7. The largest absolute Gasteiger partial charge is 0.301 e. The Kier molecular flexibility index (Phi) is 2.94. The van der Waals surface area contributed by atoms with Crippen molar-refractivity contribution in [3.8, 4) is 0 Å². The zero-order chi connectivity index (χ0) is 17.5. The number of thiazole rings is 1. The zero-order valence-electron chi connectivity index (χ0n) is 15.3. The van der Waals surface area contributed by atoms with Crippen LogP contribution in [0, 0.1) is 21.7 Å². The molecule has 1 amide bonds. The second-order valence-corrected chi connectivity index (χ2v) is 11.2. The number of rotatable bonds is 2. The fourth-order valence-electron chi connectivity index (χ4n) is 7.69. The minimum absolute atomic E-state index is 0.204. The van der Waals surface area contributed by atoms with Gasteiger partial charge in [-0.2, -0.15) is 0 Å². The molecule has 0 aliphatic heterocycles. The number of hydrogen-bond donors (Lipinski definition) is 1. The van der Waals surface area contributed by atoms with Gasteiger partial charge in [0.15, 0.2) is 5.13 Å². The van der Waals surface area contributed by atoms with Gasteiger partial charge in [-0.25, -0.2) is 4.98 Å². The Morgan fingerprint density at radius 3 is 2.08 bits per heavy atom. The molecule has 1 aromatic carbocycles. The number of aromatic nitrogens is 1. The van der Waals surface area contributed by atoms with Crippen molar-refractivity contribution in [2.75, 3.05) is 5.32 Å². The molecule has 6 rings (SSSR count). The Morgan fingerprint density at radius 1 is 0.960 bits per heavy atom. The number of para-hydroxylation sites is 1. The van der Waals surface area contributed by atoms with Gasteiger partial charge in [0, 0.05) is 0 Å². The molecular weight excluding hydrogens is 328 g/mol. The highest BCUT2D eigenvalue weighted by Gasteiger charge is 2.66. The molecule has 2 aromatic rings. The average Bonchev–Trinajstić information content (AvgIpc) is 2.84. The zero-order valence-corrected chi connectivity index (χ0v) is 16.1. The van der Waals surface area contributed by atoms with Crippen LogP contribution in [0.15, 0.2) is 24.3 Å². The van der Waals surface area contributed by atoms with Gasteiger partial charge in [-0.1, -0.05) is 44.2 Å². The second-order valence-electron chi connectivity index (χ2n) is 10.2. The summed E-state index contributed by atoms with van der Waals surface area (Å²) in [6, 6.07) is 8.09. The summed E-state index contributed by atoms with van der Waals surface area (Å²) in [6.07, 6.45) is 6.98. The number of hydrogen-bond acceptors (Lipinski definition) is 3. The molecule has 0 saturated heterocycles. The van der Waals surface area contributed by atoms with E-state index in [2.05, 4.69) is 37.1 Å². The van der Waals surface area contributed by atoms with E-state index < -0.39 is 0 Å². The average molecular weight is 355 g/mol. The quantitative estimate of drug-likeness (QED) is 0.760. The van der Waals surface area contributed by atoms with Crippen LogP contribution in [0.4, 0.5) is 5.13 Å². The molecule has 1 heterocycles. The number of nitrogens with zero attached hydrogens (tertiary/aromatic N) is 1. The van der Waals surface area contributed by atoms with Crippen LogP contribution in [0.25, 0.3) is 10.2 Å². The molecule has 4 saturated carbocycles. The summed E-state index contributed by atoms with van der Waals surface area (Å²) in [5, 5.41) is 3.96. The molecule has 4 heteroatoms. The maximum atomic E-state index is 13.4. The minimum atomic E-state index is -0.204. The van der Waals surface area contributed by atoms with Crippen LogP contribution < -0.4 is 5.32 Å². The van der Waals surface area contributed by atoms with Crippen molar-refractivity contribution in [1.82, 2.24) is 4.98 Å². The van der Waals surface area contributed by atoms with Gasteiger partial charge in [-0.3, -0.25) is 4.79 Å². The van der Waals surface area contributed by atoms with E-state index in [0.717, 1.165) is 34.6 Å². The van der Waals surface area contributed by atoms with Gasteiger partial charge >= 0.3 is 0 Å². The Balaban J connectivity index is 1.48. The molecule has 1 N–H and O–H groups in total. The lowest BCUT2D eigenvalue weighted by molar-refractivity contribution is -0.188.